The number of carbonyl (C=O) groups is 1. The lowest BCUT2D eigenvalue weighted by Crippen LogP contribution is -2.21. The van der Waals surface area contributed by atoms with Crippen molar-refractivity contribution < 1.29 is 9.53 Å². The number of carbonyl (C=O) groups excluding carboxylic acids is 1. The first-order chi connectivity index (χ1) is 11.2. The van der Waals surface area contributed by atoms with Crippen LogP contribution in [-0.4, -0.2) is 27.3 Å². The highest BCUT2D eigenvalue weighted by Gasteiger charge is 2.10. The molecule has 0 unspecified atom stereocenters. The van der Waals surface area contributed by atoms with Gasteiger partial charge in [-0.25, -0.2) is 9.67 Å². The highest BCUT2D eigenvalue weighted by molar-refractivity contribution is 6.30. The fraction of sp³-hybridized carbons (Fsp3) is 0.0625. The van der Waals surface area contributed by atoms with E-state index in [0.717, 1.165) is 0 Å². The van der Waals surface area contributed by atoms with E-state index in [2.05, 4.69) is 15.4 Å². The van der Waals surface area contributed by atoms with Gasteiger partial charge in [-0.3, -0.25) is 4.79 Å². The number of ether oxygens (including phenoxy) is 1. The number of benzene rings is 1. The van der Waals surface area contributed by atoms with E-state index in [9.17, 15) is 4.79 Å². The topological polar surface area (TPSA) is 69.0 Å². The van der Waals surface area contributed by atoms with Crippen molar-refractivity contribution in [3.05, 3.63) is 66.1 Å². The molecule has 23 heavy (non-hydrogen) atoms. The van der Waals surface area contributed by atoms with Gasteiger partial charge in [0.05, 0.1) is 5.69 Å². The summed E-state index contributed by atoms with van der Waals surface area (Å²) in [6, 6.07) is 12.1. The Hall–Kier alpha value is -2.86. The maximum atomic E-state index is 12.1. The van der Waals surface area contributed by atoms with E-state index < -0.39 is 0 Å². The first kappa shape index (κ1) is 15.1. The third kappa shape index (κ3) is 3.87. The Kier molecular flexibility index (Phi) is 4.54. The maximum absolute atomic E-state index is 12.1. The second-order valence-corrected chi connectivity index (χ2v) is 5.05. The van der Waals surface area contributed by atoms with E-state index in [4.69, 9.17) is 16.3 Å². The lowest BCUT2D eigenvalue weighted by Gasteiger charge is -2.10. The molecule has 2 heterocycles. The predicted octanol–water partition coefficient (Wildman–Crippen LogP) is 2.94. The number of halogens is 1. The first-order valence-electron chi connectivity index (χ1n) is 6.85. The average Bonchev–Trinajstić information content (AvgIpc) is 3.09. The Morgan fingerprint density at radius 2 is 2.00 bits per heavy atom. The SMILES string of the molecule is O=C(COc1ccc(Cl)cc1)Nc1cccnc1-n1cccn1. The summed E-state index contributed by atoms with van der Waals surface area (Å²) in [7, 11) is 0. The van der Waals surface area contributed by atoms with Crippen LogP contribution in [-0.2, 0) is 4.79 Å². The Balaban J connectivity index is 1.65. The normalized spacial score (nSPS) is 10.3. The van der Waals surface area contributed by atoms with Crippen LogP contribution in [0.2, 0.25) is 5.02 Å². The molecule has 6 nitrogen and oxygen atoms in total. The summed E-state index contributed by atoms with van der Waals surface area (Å²) >= 11 is 5.80. The Bertz CT molecular complexity index is 788. The van der Waals surface area contributed by atoms with E-state index in [1.807, 2.05) is 0 Å². The quantitative estimate of drug-likeness (QED) is 0.782. The van der Waals surface area contributed by atoms with Crippen molar-refractivity contribution in [1.29, 1.82) is 0 Å². The van der Waals surface area contributed by atoms with Crippen molar-refractivity contribution in [2.45, 2.75) is 0 Å². The zero-order valence-corrected chi connectivity index (χ0v) is 12.8. The molecular weight excluding hydrogens is 316 g/mol. The number of amides is 1. The van der Waals surface area contributed by atoms with Crippen LogP contribution in [0.25, 0.3) is 5.82 Å². The molecule has 1 N–H and O–H groups in total. The fourth-order valence-corrected chi connectivity index (χ4v) is 2.06. The number of nitrogens with one attached hydrogen (secondary N) is 1. The Morgan fingerprint density at radius 3 is 2.74 bits per heavy atom. The minimum Gasteiger partial charge on any atom is -0.484 e. The summed E-state index contributed by atoms with van der Waals surface area (Å²) in [6.45, 7) is -0.116. The number of hydrogen-bond acceptors (Lipinski definition) is 4. The average molecular weight is 329 g/mol. The van der Waals surface area contributed by atoms with Gasteiger partial charge in [-0.1, -0.05) is 11.6 Å². The van der Waals surface area contributed by atoms with E-state index in [1.54, 1.807) is 65.7 Å². The molecule has 7 heteroatoms. The zero-order chi connectivity index (χ0) is 16.1. The molecule has 2 aromatic heterocycles. The molecule has 0 radical (unpaired) electrons. The van der Waals surface area contributed by atoms with E-state index in [1.165, 1.54) is 0 Å². The molecule has 116 valence electrons. The van der Waals surface area contributed by atoms with Gasteiger partial charge in [-0.2, -0.15) is 5.10 Å². The van der Waals surface area contributed by atoms with Crippen molar-refractivity contribution in [2.75, 3.05) is 11.9 Å². The number of anilines is 1. The molecule has 0 fully saturated rings. The monoisotopic (exact) mass is 328 g/mol. The molecule has 3 aromatic rings. The van der Waals surface area contributed by atoms with Crippen molar-refractivity contribution >= 4 is 23.2 Å². The van der Waals surface area contributed by atoms with Crippen molar-refractivity contribution in [3.8, 4) is 11.6 Å². The van der Waals surface area contributed by atoms with Crippen LogP contribution < -0.4 is 10.1 Å². The standard InChI is InChI=1S/C16H13ClN4O2/c17-12-4-6-13(7-5-12)23-11-15(22)20-14-3-1-8-18-16(14)21-10-2-9-19-21/h1-10H,11H2,(H,20,22). The minimum atomic E-state index is -0.290. The van der Waals surface area contributed by atoms with Crippen molar-refractivity contribution in [1.82, 2.24) is 14.8 Å². The van der Waals surface area contributed by atoms with Crippen LogP contribution in [0, 0.1) is 0 Å². The van der Waals surface area contributed by atoms with Crippen LogP contribution >= 0.6 is 11.6 Å². The summed E-state index contributed by atoms with van der Waals surface area (Å²) in [5, 5.41) is 7.49. The second-order valence-electron chi connectivity index (χ2n) is 4.62. The maximum Gasteiger partial charge on any atom is 0.262 e. The number of nitrogens with zero attached hydrogens (tertiary/aromatic N) is 3. The number of hydrogen-bond donors (Lipinski definition) is 1. The molecule has 0 aliphatic rings. The lowest BCUT2D eigenvalue weighted by atomic mass is 10.3. The minimum absolute atomic E-state index is 0.116. The third-order valence-electron chi connectivity index (χ3n) is 2.97. The second kappa shape index (κ2) is 6.93. The molecule has 0 aliphatic carbocycles. The molecule has 0 bridgehead atoms. The van der Waals surface area contributed by atoms with Gasteiger partial charge in [0.25, 0.3) is 5.91 Å². The number of rotatable bonds is 5. The lowest BCUT2D eigenvalue weighted by molar-refractivity contribution is -0.118. The van der Waals surface area contributed by atoms with Crippen LogP contribution in [0.3, 0.4) is 0 Å². The van der Waals surface area contributed by atoms with Crippen molar-refractivity contribution in [2.24, 2.45) is 0 Å². The molecule has 0 saturated carbocycles. The van der Waals surface area contributed by atoms with Gasteiger partial charge < -0.3 is 10.1 Å². The molecule has 3 rings (SSSR count). The van der Waals surface area contributed by atoms with Gasteiger partial charge in [0, 0.05) is 23.6 Å². The van der Waals surface area contributed by atoms with Crippen molar-refractivity contribution in [3.63, 3.8) is 0 Å². The Morgan fingerprint density at radius 1 is 1.17 bits per heavy atom. The molecule has 0 atom stereocenters. The Labute approximate surface area is 137 Å². The van der Waals surface area contributed by atoms with E-state index in [-0.39, 0.29) is 12.5 Å². The largest absolute Gasteiger partial charge is 0.484 e. The zero-order valence-electron chi connectivity index (χ0n) is 12.0. The fourth-order valence-electron chi connectivity index (χ4n) is 1.94. The predicted molar refractivity (Wildman–Crippen MR) is 86.9 cm³/mol. The molecule has 1 amide bonds. The van der Waals surface area contributed by atoms with E-state index in [0.29, 0.717) is 22.3 Å². The van der Waals surface area contributed by atoms with Gasteiger partial charge in [-0.15, -0.1) is 0 Å². The highest BCUT2D eigenvalue weighted by Crippen LogP contribution is 2.17. The van der Waals surface area contributed by atoms with Gasteiger partial charge in [-0.05, 0) is 42.5 Å². The van der Waals surface area contributed by atoms with Gasteiger partial charge in [0.1, 0.15) is 5.75 Å². The number of aromatic nitrogens is 3. The van der Waals surface area contributed by atoms with Gasteiger partial charge in [0.2, 0.25) is 0 Å². The summed E-state index contributed by atoms with van der Waals surface area (Å²) in [4.78, 5) is 16.3. The molecule has 1 aromatic carbocycles. The molecule has 0 saturated heterocycles. The van der Waals surface area contributed by atoms with Gasteiger partial charge >= 0.3 is 0 Å². The summed E-state index contributed by atoms with van der Waals surface area (Å²) in [5.74, 6) is 0.821. The van der Waals surface area contributed by atoms with Gasteiger partial charge in [0.15, 0.2) is 12.4 Å². The summed E-state index contributed by atoms with van der Waals surface area (Å²) < 4.78 is 6.99. The highest BCUT2D eigenvalue weighted by atomic mass is 35.5. The summed E-state index contributed by atoms with van der Waals surface area (Å²) in [6.07, 6.45) is 5.03. The smallest absolute Gasteiger partial charge is 0.262 e. The molecule has 0 aliphatic heterocycles. The number of pyridine rings is 1. The molecule has 0 spiro atoms. The third-order valence-corrected chi connectivity index (χ3v) is 3.22. The van der Waals surface area contributed by atoms with Crippen LogP contribution in [0.15, 0.2) is 61.1 Å². The molecular formula is C16H13ClN4O2. The summed E-state index contributed by atoms with van der Waals surface area (Å²) in [5.41, 5.74) is 0.556. The van der Waals surface area contributed by atoms with Crippen LogP contribution in [0.5, 0.6) is 5.75 Å². The van der Waals surface area contributed by atoms with Crippen LogP contribution in [0.1, 0.15) is 0 Å². The van der Waals surface area contributed by atoms with Crippen LogP contribution in [0.4, 0.5) is 5.69 Å². The van der Waals surface area contributed by atoms with E-state index >= 15 is 0 Å². The first-order valence-corrected chi connectivity index (χ1v) is 7.23.